The number of nitrogens with one attached hydrogen (secondary N) is 2. The van der Waals surface area contributed by atoms with Gasteiger partial charge in [0.15, 0.2) is 0 Å². The number of amides is 2. The molecule has 0 saturated heterocycles. The Kier molecular flexibility index (Phi) is 5.90. The molecule has 1 aromatic carbocycles. The van der Waals surface area contributed by atoms with Crippen molar-refractivity contribution in [2.75, 3.05) is 11.9 Å². The lowest BCUT2D eigenvalue weighted by atomic mass is 10.1. The Hall–Kier alpha value is -2.38. The van der Waals surface area contributed by atoms with Crippen molar-refractivity contribution in [1.29, 1.82) is 0 Å². The number of rotatable bonds is 5. The highest BCUT2D eigenvalue weighted by Crippen LogP contribution is 2.39. The molecule has 1 aromatic heterocycles. The molecule has 8 heteroatoms. The molecule has 1 heterocycles. The topological polar surface area (TPSA) is 79.8 Å². The molecule has 0 radical (unpaired) electrons. The number of ether oxygens (including phenoxy) is 1. The maximum absolute atomic E-state index is 12.3. The zero-order valence-electron chi connectivity index (χ0n) is 14.2. The molecule has 6 nitrogen and oxygen atoms in total. The zero-order chi connectivity index (χ0) is 18.5. The van der Waals surface area contributed by atoms with Gasteiger partial charge >= 0.3 is 12.0 Å². The number of fused-ring (bicyclic) bond motifs is 1. The van der Waals surface area contributed by atoms with Crippen LogP contribution in [-0.4, -0.2) is 24.8 Å². The summed E-state index contributed by atoms with van der Waals surface area (Å²) in [5, 5.41) is 7.69. The van der Waals surface area contributed by atoms with E-state index in [9.17, 15) is 9.59 Å². The first-order valence-electron chi connectivity index (χ1n) is 8.25. The number of hydrogen-bond donors (Lipinski definition) is 2. The third-order valence-electron chi connectivity index (χ3n) is 3.86. The third-order valence-corrected chi connectivity index (χ3v) is 5.30. The second-order valence-electron chi connectivity index (χ2n) is 5.66. The molecular formula is C18H18ClN3O3S. The lowest BCUT2D eigenvalue weighted by Gasteiger charge is -2.07. The molecule has 2 aromatic rings. The second-order valence-corrected chi connectivity index (χ2v) is 7.20. The first kappa shape index (κ1) is 18.4. The molecule has 1 aliphatic rings. The van der Waals surface area contributed by atoms with Crippen molar-refractivity contribution in [2.24, 2.45) is 5.10 Å². The van der Waals surface area contributed by atoms with E-state index in [0.29, 0.717) is 22.2 Å². The molecule has 3 rings (SSSR count). The fourth-order valence-electron chi connectivity index (χ4n) is 2.79. The van der Waals surface area contributed by atoms with Gasteiger partial charge in [-0.05, 0) is 49.4 Å². The molecule has 0 atom stereocenters. The summed E-state index contributed by atoms with van der Waals surface area (Å²) in [6.45, 7) is 2.05. The van der Waals surface area contributed by atoms with Crippen molar-refractivity contribution < 1.29 is 14.3 Å². The number of urea groups is 1. The Balaban J connectivity index is 1.68. The van der Waals surface area contributed by atoms with Gasteiger partial charge in [-0.25, -0.2) is 15.0 Å². The van der Waals surface area contributed by atoms with Crippen LogP contribution in [0.1, 0.15) is 39.7 Å². The van der Waals surface area contributed by atoms with E-state index in [4.69, 9.17) is 16.3 Å². The van der Waals surface area contributed by atoms with E-state index in [-0.39, 0.29) is 0 Å². The molecule has 2 N–H and O–H groups in total. The summed E-state index contributed by atoms with van der Waals surface area (Å²) in [6.07, 6.45) is 4.26. The van der Waals surface area contributed by atoms with Gasteiger partial charge in [-0.3, -0.25) is 5.32 Å². The average molecular weight is 392 g/mol. The number of anilines is 1. The summed E-state index contributed by atoms with van der Waals surface area (Å²) < 4.78 is 5.14. The highest BCUT2D eigenvalue weighted by atomic mass is 35.5. The number of hydrazone groups is 1. The number of carbonyl (C=O) groups excluding carboxylic acids is 2. The van der Waals surface area contributed by atoms with Crippen molar-refractivity contribution in [3.05, 3.63) is 50.9 Å². The van der Waals surface area contributed by atoms with Gasteiger partial charge in [-0.2, -0.15) is 5.10 Å². The Bertz CT molecular complexity index is 863. The summed E-state index contributed by atoms with van der Waals surface area (Å²) in [7, 11) is 0. The van der Waals surface area contributed by atoms with E-state index in [0.717, 1.165) is 35.3 Å². The minimum absolute atomic E-state index is 0.291. The van der Waals surface area contributed by atoms with Crippen molar-refractivity contribution in [1.82, 2.24) is 5.43 Å². The average Bonchev–Trinajstić information content (AvgIpc) is 3.15. The smallest absolute Gasteiger partial charge is 0.341 e. The molecule has 0 aliphatic heterocycles. The lowest BCUT2D eigenvalue weighted by Crippen LogP contribution is -2.25. The number of nitrogens with zero attached hydrogens (tertiary/aromatic N) is 1. The number of benzene rings is 1. The predicted octanol–water partition coefficient (Wildman–Crippen LogP) is 4.22. The van der Waals surface area contributed by atoms with Crippen LogP contribution >= 0.6 is 22.9 Å². The minimum Gasteiger partial charge on any atom is -0.462 e. The number of carbonyl (C=O) groups is 2. The van der Waals surface area contributed by atoms with Gasteiger partial charge in [0, 0.05) is 9.90 Å². The van der Waals surface area contributed by atoms with Gasteiger partial charge in [-0.15, -0.1) is 11.3 Å². The third kappa shape index (κ3) is 4.23. The molecule has 136 valence electrons. The van der Waals surface area contributed by atoms with E-state index in [1.807, 2.05) is 6.07 Å². The first-order valence-corrected chi connectivity index (χ1v) is 9.45. The number of halogens is 1. The van der Waals surface area contributed by atoms with Gasteiger partial charge < -0.3 is 4.74 Å². The van der Waals surface area contributed by atoms with Crippen molar-refractivity contribution in [3.8, 4) is 0 Å². The Labute approximate surface area is 160 Å². The fourth-order valence-corrected chi connectivity index (χ4v) is 4.27. The maximum Gasteiger partial charge on any atom is 0.341 e. The van der Waals surface area contributed by atoms with Gasteiger partial charge in [0.2, 0.25) is 0 Å². The zero-order valence-corrected chi connectivity index (χ0v) is 15.7. The van der Waals surface area contributed by atoms with Crippen molar-refractivity contribution in [2.45, 2.75) is 26.2 Å². The van der Waals surface area contributed by atoms with Crippen molar-refractivity contribution >= 4 is 46.2 Å². The lowest BCUT2D eigenvalue weighted by molar-refractivity contribution is 0.0527. The highest BCUT2D eigenvalue weighted by molar-refractivity contribution is 7.17. The summed E-state index contributed by atoms with van der Waals surface area (Å²) in [4.78, 5) is 25.5. The molecule has 2 amide bonds. The highest BCUT2D eigenvalue weighted by Gasteiger charge is 2.28. The fraction of sp³-hybridized carbons (Fsp3) is 0.278. The minimum atomic E-state index is -0.520. The molecule has 0 spiro atoms. The SMILES string of the molecule is CCOC(=O)c1c(NC(=O)N/N=C/c2cccc(Cl)c2)sc2c1CCC2. The largest absolute Gasteiger partial charge is 0.462 e. The molecule has 0 bridgehead atoms. The second kappa shape index (κ2) is 8.33. The van der Waals surface area contributed by atoms with Gasteiger partial charge in [0.25, 0.3) is 0 Å². The normalized spacial score (nSPS) is 12.8. The number of esters is 1. The molecule has 0 unspecified atom stereocenters. The van der Waals surface area contributed by atoms with E-state index >= 15 is 0 Å². The predicted molar refractivity (Wildman–Crippen MR) is 104 cm³/mol. The van der Waals surface area contributed by atoms with Crippen LogP contribution < -0.4 is 10.7 Å². The summed E-state index contributed by atoms with van der Waals surface area (Å²) in [6, 6.07) is 6.58. The molecule has 26 heavy (non-hydrogen) atoms. The van der Waals surface area contributed by atoms with Crippen LogP contribution in [0.15, 0.2) is 29.4 Å². The van der Waals surface area contributed by atoms with Crippen LogP contribution in [0.3, 0.4) is 0 Å². The number of hydrogen-bond acceptors (Lipinski definition) is 5. The van der Waals surface area contributed by atoms with E-state index in [1.165, 1.54) is 17.6 Å². The van der Waals surface area contributed by atoms with Crippen LogP contribution in [0.2, 0.25) is 5.02 Å². The maximum atomic E-state index is 12.3. The molecule has 0 saturated carbocycles. The van der Waals surface area contributed by atoms with Gasteiger partial charge in [0.05, 0.1) is 18.4 Å². The molecule has 0 fully saturated rings. The van der Waals surface area contributed by atoms with E-state index < -0.39 is 12.0 Å². The Morgan fingerprint density at radius 3 is 3.00 bits per heavy atom. The summed E-state index contributed by atoms with van der Waals surface area (Å²) in [5.74, 6) is -0.398. The van der Waals surface area contributed by atoms with Crippen LogP contribution in [0.5, 0.6) is 0 Å². The van der Waals surface area contributed by atoms with Crippen LogP contribution in [0.4, 0.5) is 9.80 Å². The van der Waals surface area contributed by atoms with E-state index in [2.05, 4.69) is 15.8 Å². The van der Waals surface area contributed by atoms with Crippen LogP contribution in [0.25, 0.3) is 0 Å². The van der Waals surface area contributed by atoms with Crippen LogP contribution in [0, 0.1) is 0 Å². The number of aryl methyl sites for hydroxylation is 1. The monoisotopic (exact) mass is 391 g/mol. The summed E-state index contributed by atoms with van der Waals surface area (Å²) in [5.41, 5.74) is 4.62. The van der Waals surface area contributed by atoms with Crippen molar-refractivity contribution in [3.63, 3.8) is 0 Å². The van der Waals surface area contributed by atoms with Gasteiger partial charge in [0.1, 0.15) is 5.00 Å². The molecule has 1 aliphatic carbocycles. The summed E-state index contributed by atoms with van der Waals surface area (Å²) >= 11 is 7.32. The first-order chi connectivity index (χ1) is 12.6. The Morgan fingerprint density at radius 1 is 1.38 bits per heavy atom. The molecular weight excluding hydrogens is 374 g/mol. The quantitative estimate of drug-likeness (QED) is 0.455. The Morgan fingerprint density at radius 2 is 2.23 bits per heavy atom. The van der Waals surface area contributed by atoms with Gasteiger partial charge in [-0.1, -0.05) is 23.7 Å². The van der Waals surface area contributed by atoms with Crippen LogP contribution in [-0.2, 0) is 17.6 Å². The number of thiophene rings is 1. The standard InChI is InChI=1S/C18H18ClN3O3S/c1-2-25-17(23)15-13-7-4-8-14(13)26-16(15)21-18(24)22-20-10-11-5-3-6-12(19)9-11/h3,5-6,9-10H,2,4,7-8H2,1H3,(H2,21,22,24)/b20-10+. The van der Waals surface area contributed by atoms with E-state index in [1.54, 1.807) is 25.1 Å².